The maximum atomic E-state index is 12.6. The summed E-state index contributed by atoms with van der Waals surface area (Å²) in [4.78, 5) is 22.5. The Balaban J connectivity index is 4.19. The van der Waals surface area contributed by atoms with Gasteiger partial charge in [0.2, 0.25) is 0 Å². The minimum absolute atomic E-state index is 0.0474. The van der Waals surface area contributed by atoms with Gasteiger partial charge in [0, 0.05) is 13.0 Å². The maximum Gasteiger partial charge on any atom is 0.472 e. The van der Waals surface area contributed by atoms with Crippen molar-refractivity contribution in [2.24, 2.45) is 0 Å². The monoisotopic (exact) mass is 747 g/mol. The standard InChI is InChI=1S/C41H79O9P/c1-3-5-7-9-11-13-15-17-19-20-22-24-26-28-30-32-34-47-37-40(38-49-51(45,46)48-36-39(43)35-42)50-41(44)33-31-29-27-25-23-21-18-16-14-12-10-8-6-4-2/h10,12,16,18,39-40,42-43H,3-9,11,13-15,17,19-38H2,1-2H3,(H,45,46)/b12-10-,18-16-/t39-,40+/m0/s1. The summed E-state index contributed by atoms with van der Waals surface area (Å²) < 4.78 is 33.3. The topological polar surface area (TPSA) is 132 Å². The normalized spacial score (nSPS) is 14.4. The van der Waals surface area contributed by atoms with Crippen LogP contribution in [0.4, 0.5) is 0 Å². The molecule has 3 N–H and O–H groups in total. The highest BCUT2D eigenvalue weighted by Gasteiger charge is 2.26. The van der Waals surface area contributed by atoms with Crippen LogP contribution in [0.25, 0.3) is 0 Å². The van der Waals surface area contributed by atoms with Crippen LogP contribution in [0.1, 0.15) is 187 Å². The molecule has 0 rings (SSSR count). The Morgan fingerprint density at radius 1 is 0.608 bits per heavy atom. The summed E-state index contributed by atoms with van der Waals surface area (Å²) in [6.07, 6.45) is 38.4. The van der Waals surface area contributed by atoms with Crippen LogP contribution in [0.5, 0.6) is 0 Å². The lowest BCUT2D eigenvalue weighted by molar-refractivity contribution is -0.154. The third-order valence-corrected chi connectivity index (χ3v) is 9.84. The Morgan fingerprint density at radius 3 is 1.63 bits per heavy atom. The molecule has 3 atom stereocenters. The summed E-state index contributed by atoms with van der Waals surface area (Å²) in [5, 5.41) is 18.3. The second-order valence-electron chi connectivity index (χ2n) is 14.0. The van der Waals surface area contributed by atoms with Gasteiger partial charge in [-0.25, -0.2) is 4.57 Å². The lowest BCUT2D eigenvalue weighted by atomic mass is 10.0. The van der Waals surface area contributed by atoms with E-state index in [1.165, 1.54) is 103 Å². The van der Waals surface area contributed by atoms with Crippen molar-refractivity contribution < 1.29 is 43.0 Å². The van der Waals surface area contributed by atoms with Crippen molar-refractivity contribution in [3.05, 3.63) is 24.3 Å². The van der Waals surface area contributed by atoms with E-state index < -0.39 is 39.2 Å². The Hall–Kier alpha value is -1.06. The summed E-state index contributed by atoms with van der Waals surface area (Å²) in [6, 6.07) is 0. The van der Waals surface area contributed by atoms with Crippen molar-refractivity contribution in [1.82, 2.24) is 0 Å². The average molecular weight is 747 g/mol. The molecule has 0 aromatic carbocycles. The molecule has 0 saturated heterocycles. The molecule has 0 radical (unpaired) electrons. The van der Waals surface area contributed by atoms with Crippen molar-refractivity contribution in [3.8, 4) is 0 Å². The van der Waals surface area contributed by atoms with Gasteiger partial charge in [-0.05, 0) is 38.5 Å². The minimum Gasteiger partial charge on any atom is -0.457 e. The third kappa shape index (κ3) is 38.5. The number of carbonyl (C=O) groups excluding carboxylic acids is 1. The van der Waals surface area contributed by atoms with E-state index in [1.807, 2.05) is 0 Å². The zero-order chi connectivity index (χ0) is 37.5. The fourth-order valence-electron chi connectivity index (χ4n) is 5.67. The minimum atomic E-state index is -4.51. The van der Waals surface area contributed by atoms with Gasteiger partial charge in [-0.1, -0.05) is 167 Å². The summed E-state index contributed by atoms with van der Waals surface area (Å²) >= 11 is 0. The predicted molar refractivity (Wildman–Crippen MR) is 210 cm³/mol. The maximum absolute atomic E-state index is 12.6. The molecular weight excluding hydrogens is 667 g/mol. The van der Waals surface area contributed by atoms with Gasteiger partial charge in [0.15, 0.2) is 0 Å². The van der Waals surface area contributed by atoms with Crippen LogP contribution >= 0.6 is 7.82 Å². The van der Waals surface area contributed by atoms with E-state index >= 15 is 0 Å². The van der Waals surface area contributed by atoms with Crippen LogP contribution in [0.2, 0.25) is 0 Å². The van der Waals surface area contributed by atoms with E-state index in [-0.39, 0.29) is 19.6 Å². The Labute approximate surface area is 313 Å². The number of allylic oxidation sites excluding steroid dienone is 4. The van der Waals surface area contributed by atoms with E-state index in [2.05, 4.69) is 38.2 Å². The average Bonchev–Trinajstić information content (AvgIpc) is 3.12. The zero-order valence-electron chi connectivity index (χ0n) is 32.8. The molecule has 51 heavy (non-hydrogen) atoms. The molecule has 0 aliphatic carbocycles. The number of carbonyl (C=O) groups is 1. The van der Waals surface area contributed by atoms with Crippen molar-refractivity contribution >= 4 is 13.8 Å². The molecule has 0 amide bonds. The fourth-order valence-corrected chi connectivity index (χ4v) is 6.46. The molecule has 0 aromatic rings. The van der Waals surface area contributed by atoms with Gasteiger partial charge in [-0.3, -0.25) is 13.8 Å². The predicted octanol–water partition coefficient (Wildman–Crippen LogP) is 11.1. The lowest BCUT2D eigenvalue weighted by Gasteiger charge is -2.20. The number of rotatable bonds is 40. The van der Waals surface area contributed by atoms with Gasteiger partial charge >= 0.3 is 13.8 Å². The zero-order valence-corrected chi connectivity index (χ0v) is 33.7. The van der Waals surface area contributed by atoms with E-state index in [0.717, 1.165) is 57.8 Å². The number of unbranched alkanes of at least 4 members (excludes halogenated alkanes) is 22. The van der Waals surface area contributed by atoms with Crippen LogP contribution in [0.15, 0.2) is 24.3 Å². The molecule has 9 nitrogen and oxygen atoms in total. The number of hydrogen-bond donors (Lipinski definition) is 3. The van der Waals surface area contributed by atoms with Gasteiger partial charge in [0.1, 0.15) is 12.2 Å². The largest absolute Gasteiger partial charge is 0.472 e. The number of aliphatic hydroxyl groups is 2. The van der Waals surface area contributed by atoms with Crippen LogP contribution < -0.4 is 0 Å². The van der Waals surface area contributed by atoms with Crippen molar-refractivity contribution in [3.63, 3.8) is 0 Å². The SMILES string of the molecule is CCCC/C=C\C/C=C\CCCCCCCC(=O)O[C@H](COCCCCCCCCCCCCCCCCCC)COP(=O)(O)OC[C@@H](O)CO. The van der Waals surface area contributed by atoms with E-state index in [1.54, 1.807) is 0 Å². The molecule has 0 spiro atoms. The van der Waals surface area contributed by atoms with Gasteiger partial charge < -0.3 is 24.6 Å². The smallest absolute Gasteiger partial charge is 0.457 e. The van der Waals surface area contributed by atoms with E-state index in [9.17, 15) is 19.4 Å². The molecule has 0 heterocycles. The van der Waals surface area contributed by atoms with Gasteiger partial charge in [-0.15, -0.1) is 0 Å². The number of esters is 1. The Bertz CT molecular complexity index is 851. The second kappa shape index (κ2) is 38.7. The van der Waals surface area contributed by atoms with Crippen LogP contribution in [-0.4, -0.2) is 66.3 Å². The molecule has 0 aliphatic heterocycles. The lowest BCUT2D eigenvalue weighted by Crippen LogP contribution is -2.29. The highest BCUT2D eigenvalue weighted by Crippen LogP contribution is 2.43. The van der Waals surface area contributed by atoms with Gasteiger partial charge in [0.25, 0.3) is 0 Å². The number of aliphatic hydroxyl groups excluding tert-OH is 2. The first-order valence-electron chi connectivity index (χ1n) is 20.8. The van der Waals surface area contributed by atoms with Crippen LogP contribution in [0, 0.1) is 0 Å². The summed E-state index contributed by atoms with van der Waals surface area (Å²) in [5.74, 6) is -0.395. The molecule has 0 fully saturated rings. The fraction of sp³-hybridized carbons (Fsp3) is 0.878. The quantitative estimate of drug-likeness (QED) is 0.0242. The molecule has 10 heteroatoms. The number of phosphoric acid groups is 1. The van der Waals surface area contributed by atoms with Gasteiger partial charge in [0.05, 0.1) is 26.4 Å². The molecule has 1 unspecified atom stereocenters. The number of ether oxygens (including phenoxy) is 2. The first-order valence-corrected chi connectivity index (χ1v) is 22.3. The Kier molecular flexibility index (Phi) is 37.9. The Morgan fingerprint density at radius 2 is 1.08 bits per heavy atom. The highest BCUT2D eigenvalue weighted by molar-refractivity contribution is 7.47. The molecule has 0 aromatic heterocycles. The number of hydrogen-bond acceptors (Lipinski definition) is 8. The molecule has 0 saturated carbocycles. The number of phosphoric ester groups is 1. The third-order valence-electron chi connectivity index (χ3n) is 8.89. The van der Waals surface area contributed by atoms with Crippen molar-refractivity contribution in [2.45, 2.75) is 199 Å². The summed E-state index contributed by atoms with van der Waals surface area (Å²) in [7, 11) is -4.51. The first-order chi connectivity index (χ1) is 24.8. The summed E-state index contributed by atoms with van der Waals surface area (Å²) in [6.45, 7) is 3.48. The van der Waals surface area contributed by atoms with E-state index in [0.29, 0.717) is 13.0 Å². The van der Waals surface area contributed by atoms with Crippen molar-refractivity contribution in [1.29, 1.82) is 0 Å². The highest BCUT2D eigenvalue weighted by atomic mass is 31.2. The van der Waals surface area contributed by atoms with Crippen LogP contribution in [0.3, 0.4) is 0 Å². The van der Waals surface area contributed by atoms with Crippen molar-refractivity contribution in [2.75, 3.05) is 33.0 Å². The van der Waals surface area contributed by atoms with Gasteiger partial charge in [-0.2, -0.15) is 0 Å². The second-order valence-corrected chi connectivity index (χ2v) is 15.5. The molecular formula is C41H79O9P. The summed E-state index contributed by atoms with van der Waals surface area (Å²) in [5.41, 5.74) is 0. The first kappa shape index (κ1) is 49.9. The molecule has 0 aliphatic rings. The molecule has 0 bridgehead atoms. The van der Waals surface area contributed by atoms with E-state index in [4.69, 9.17) is 23.6 Å². The molecule has 302 valence electrons. The van der Waals surface area contributed by atoms with Crippen LogP contribution in [-0.2, 0) is 27.9 Å².